The van der Waals surface area contributed by atoms with Crippen LogP contribution in [0.1, 0.15) is 44.3 Å². The minimum atomic E-state index is -4.56. The molecule has 2 atom stereocenters. The topological polar surface area (TPSA) is 79.5 Å². The molecule has 1 saturated heterocycles. The van der Waals surface area contributed by atoms with Crippen molar-refractivity contribution in [2.75, 3.05) is 13.1 Å². The predicted octanol–water partition coefficient (Wildman–Crippen LogP) is 2.63. The largest absolute Gasteiger partial charge is 0.433 e. The molecule has 5 nitrogen and oxygen atoms in total. The summed E-state index contributed by atoms with van der Waals surface area (Å²) in [6.45, 7) is 4.56. The summed E-state index contributed by atoms with van der Waals surface area (Å²) in [4.78, 5) is 17.4. The Morgan fingerprint density at radius 1 is 1.35 bits per heavy atom. The summed E-state index contributed by atoms with van der Waals surface area (Å²) in [7, 11) is 0. The van der Waals surface area contributed by atoms with Crippen LogP contribution in [0, 0.1) is 10.8 Å². The van der Waals surface area contributed by atoms with Gasteiger partial charge in [0.15, 0.2) is 12.0 Å². The molecule has 1 aliphatic heterocycles. The maximum atomic E-state index is 12.8. The summed E-state index contributed by atoms with van der Waals surface area (Å²) in [6.07, 6.45) is -2.80. The van der Waals surface area contributed by atoms with Crippen LogP contribution >= 0.6 is 0 Å². The Morgan fingerprint density at radius 2 is 2.04 bits per heavy atom. The second kappa shape index (κ2) is 6.06. The van der Waals surface area contributed by atoms with E-state index in [9.17, 15) is 23.1 Å². The van der Waals surface area contributed by atoms with E-state index in [1.807, 2.05) is 13.8 Å². The number of alkyl halides is 3. The number of pyridine rings is 1. The highest BCUT2D eigenvalue weighted by Gasteiger charge is 2.48. The van der Waals surface area contributed by atoms with E-state index in [0.717, 1.165) is 6.07 Å². The molecule has 3 N–H and O–H groups in total. The normalized spacial score (nSPS) is 27.6. The number of carbonyl (C=O) groups is 1. The molecule has 0 radical (unpaired) electrons. The van der Waals surface area contributed by atoms with Gasteiger partial charge in [0.1, 0.15) is 5.69 Å². The molecule has 26 heavy (non-hydrogen) atoms. The van der Waals surface area contributed by atoms with E-state index in [1.54, 1.807) is 11.0 Å². The minimum absolute atomic E-state index is 0.0417. The van der Waals surface area contributed by atoms with E-state index in [0.29, 0.717) is 25.9 Å². The van der Waals surface area contributed by atoms with Crippen molar-refractivity contribution in [3.8, 4) is 0 Å². The Labute approximate surface area is 149 Å². The highest BCUT2D eigenvalue weighted by molar-refractivity contribution is 5.99. The molecule has 3 rings (SSSR count). The van der Waals surface area contributed by atoms with Crippen LogP contribution in [-0.2, 0) is 11.0 Å². The van der Waals surface area contributed by atoms with Crippen molar-refractivity contribution in [3.63, 3.8) is 0 Å². The van der Waals surface area contributed by atoms with Gasteiger partial charge in [-0.1, -0.05) is 26.0 Å². The maximum absolute atomic E-state index is 12.8. The van der Waals surface area contributed by atoms with Crippen LogP contribution in [0.4, 0.5) is 13.2 Å². The van der Waals surface area contributed by atoms with Gasteiger partial charge >= 0.3 is 6.18 Å². The first-order valence-corrected chi connectivity index (χ1v) is 8.43. The van der Waals surface area contributed by atoms with Gasteiger partial charge in [-0.15, -0.1) is 0 Å². The summed E-state index contributed by atoms with van der Waals surface area (Å²) in [6, 6.07) is 3.49. The van der Waals surface area contributed by atoms with Gasteiger partial charge in [0, 0.05) is 23.9 Å². The number of halogens is 3. The number of likely N-dealkylation sites (tertiary alicyclic amines) is 1. The predicted molar refractivity (Wildman–Crippen MR) is 88.5 cm³/mol. The molecule has 0 saturated carbocycles. The lowest BCUT2D eigenvalue weighted by atomic mass is 9.65. The summed E-state index contributed by atoms with van der Waals surface area (Å²) in [5, 5.41) is 10.5. The molecule has 0 aromatic carbocycles. The van der Waals surface area contributed by atoms with Gasteiger partial charge in [-0.05, 0) is 25.0 Å². The lowest BCUT2D eigenvalue weighted by Gasteiger charge is -2.39. The zero-order valence-electron chi connectivity index (χ0n) is 14.7. The average Bonchev–Trinajstić information content (AvgIpc) is 2.94. The van der Waals surface area contributed by atoms with Crippen LogP contribution in [0.15, 0.2) is 30.0 Å². The monoisotopic (exact) mass is 369 g/mol. The number of nitrogens with zero attached hydrogens (tertiary/aromatic N) is 2. The second-order valence-corrected chi connectivity index (χ2v) is 7.89. The van der Waals surface area contributed by atoms with Crippen molar-refractivity contribution in [3.05, 3.63) is 41.4 Å². The van der Waals surface area contributed by atoms with E-state index in [1.165, 1.54) is 12.1 Å². The molecule has 1 aliphatic carbocycles. The Balaban J connectivity index is 1.82. The van der Waals surface area contributed by atoms with Crippen LogP contribution in [0.5, 0.6) is 0 Å². The number of Topliss-reactive ketones (excluding diaryl/α,β-unsaturated/α-hetero) is 1. The molecule has 1 fully saturated rings. The number of aliphatic hydroxyl groups is 1. The first-order chi connectivity index (χ1) is 11.9. The maximum Gasteiger partial charge on any atom is 0.433 e. The number of aromatic nitrogens is 1. The SMILES string of the molecule is CC1(C)C[C@@]2(C=C(N)C1=O)CCN(C(O)c1cccc(C(F)(F)F)n1)C2. The smallest absolute Gasteiger partial charge is 0.396 e. The number of allylic oxidation sites excluding steroid dienone is 1. The van der Waals surface area contributed by atoms with Crippen molar-refractivity contribution in [1.82, 2.24) is 9.88 Å². The summed E-state index contributed by atoms with van der Waals surface area (Å²) in [5.41, 5.74) is 4.07. The van der Waals surface area contributed by atoms with E-state index in [2.05, 4.69) is 4.98 Å². The van der Waals surface area contributed by atoms with E-state index < -0.39 is 23.5 Å². The molecule has 142 valence electrons. The third kappa shape index (κ3) is 3.35. The van der Waals surface area contributed by atoms with Gasteiger partial charge in [0.05, 0.1) is 11.4 Å². The van der Waals surface area contributed by atoms with Gasteiger partial charge in [-0.2, -0.15) is 13.2 Å². The number of aliphatic hydroxyl groups excluding tert-OH is 1. The highest BCUT2D eigenvalue weighted by atomic mass is 19.4. The number of rotatable bonds is 2. The molecule has 1 unspecified atom stereocenters. The Kier molecular flexibility index (Phi) is 4.39. The molecule has 2 aliphatic rings. The molecule has 1 aromatic heterocycles. The Bertz CT molecular complexity index is 760. The summed E-state index contributed by atoms with van der Waals surface area (Å²) in [5.74, 6) is -0.0957. The zero-order chi connectivity index (χ0) is 19.3. The first kappa shape index (κ1) is 18.8. The second-order valence-electron chi connectivity index (χ2n) is 7.89. The lowest BCUT2D eigenvalue weighted by Crippen LogP contribution is -2.42. The molecule has 1 spiro atoms. The molecule has 0 bridgehead atoms. The van der Waals surface area contributed by atoms with Gasteiger partial charge in [0.2, 0.25) is 0 Å². The molecule has 0 amide bonds. The van der Waals surface area contributed by atoms with Crippen molar-refractivity contribution in [2.45, 2.75) is 39.1 Å². The fourth-order valence-corrected chi connectivity index (χ4v) is 4.14. The van der Waals surface area contributed by atoms with Crippen LogP contribution in [0.3, 0.4) is 0 Å². The molecule has 2 heterocycles. The summed E-state index contributed by atoms with van der Waals surface area (Å²) >= 11 is 0. The molecular formula is C18H22F3N3O2. The lowest BCUT2D eigenvalue weighted by molar-refractivity contribution is -0.141. The Morgan fingerprint density at radius 3 is 2.65 bits per heavy atom. The van der Waals surface area contributed by atoms with Crippen LogP contribution < -0.4 is 5.73 Å². The molecular weight excluding hydrogens is 347 g/mol. The van der Waals surface area contributed by atoms with Crippen LogP contribution in [0.2, 0.25) is 0 Å². The number of hydrogen-bond acceptors (Lipinski definition) is 5. The van der Waals surface area contributed by atoms with Crippen molar-refractivity contribution in [1.29, 1.82) is 0 Å². The number of ketones is 1. The van der Waals surface area contributed by atoms with E-state index >= 15 is 0 Å². The van der Waals surface area contributed by atoms with Gasteiger partial charge in [-0.25, -0.2) is 4.98 Å². The van der Waals surface area contributed by atoms with Crippen LogP contribution in [-0.4, -0.2) is 33.9 Å². The first-order valence-electron chi connectivity index (χ1n) is 8.43. The molecule has 1 aromatic rings. The van der Waals surface area contributed by atoms with Crippen molar-refractivity contribution < 1.29 is 23.1 Å². The summed E-state index contributed by atoms with van der Waals surface area (Å²) < 4.78 is 38.5. The van der Waals surface area contributed by atoms with E-state index in [4.69, 9.17) is 5.73 Å². The third-order valence-electron chi connectivity index (χ3n) is 5.22. The quantitative estimate of drug-likeness (QED) is 0.838. The molecule has 8 heteroatoms. The minimum Gasteiger partial charge on any atom is -0.396 e. The van der Waals surface area contributed by atoms with Crippen LogP contribution in [0.25, 0.3) is 0 Å². The van der Waals surface area contributed by atoms with Gasteiger partial charge in [0.25, 0.3) is 0 Å². The van der Waals surface area contributed by atoms with Crippen molar-refractivity contribution in [2.24, 2.45) is 16.6 Å². The van der Waals surface area contributed by atoms with Gasteiger partial charge in [-0.3, -0.25) is 9.69 Å². The fourth-order valence-electron chi connectivity index (χ4n) is 4.14. The van der Waals surface area contributed by atoms with Gasteiger partial charge < -0.3 is 10.8 Å². The number of hydrogen-bond donors (Lipinski definition) is 2. The third-order valence-corrected chi connectivity index (χ3v) is 5.22. The zero-order valence-corrected chi connectivity index (χ0v) is 14.7. The Hall–Kier alpha value is -1.93. The standard InChI is InChI=1S/C18H22F3N3O2/c1-16(2)9-17(8-11(22)14(16)25)6-7-24(10-17)15(26)12-4-3-5-13(23-12)18(19,20)21/h3-5,8,15,26H,6-7,9-10,22H2,1-2H3/t15?,17-/m0/s1. The fraction of sp³-hybridized carbons (Fsp3) is 0.556. The van der Waals surface area contributed by atoms with E-state index in [-0.39, 0.29) is 22.6 Å². The number of carbonyl (C=O) groups excluding carboxylic acids is 1. The number of nitrogens with two attached hydrogens (primary N) is 1. The van der Waals surface area contributed by atoms with Crippen molar-refractivity contribution >= 4 is 5.78 Å². The highest BCUT2D eigenvalue weighted by Crippen LogP contribution is 2.48. The average molecular weight is 369 g/mol.